The van der Waals surface area contributed by atoms with Crippen molar-refractivity contribution in [3.05, 3.63) is 64.1 Å². The number of urea groups is 1. The third-order valence-electron chi connectivity index (χ3n) is 7.85. The van der Waals surface area contributed by atoms with E-state index in [1.54, 1.807) is 12.1 Å². The fourth-order valence-electron chi connectivity index (χ4n) is 6.29. The van der Waals surface area contributed by atoms with E-state index < -0.39 is 23.3 Å². The molecule has 0 radical (unpaired) electrons. The molecule has 2 atom stereocenters. The number of imide groups is 2. The predicted molar refractivity (Wildman–Crippen MR) is 137 cm³/mol. The van der Waals surface area contributed by atoms with Crippen LogP contribution < -0.4 is 10.3 Å². The van der Waals surface area contributed by atoms with Gasteiger partial charge in [0.25, 0.3) is 5.56 Å². The molecule has 0 spiro atoms. The lowest BCUT2D eigenvalue weighted by Crippen LogP contribution is -2.67. The van der Waals surface area contributed by atoms with Gasteiger partial charge >= 0.3 is 6.03 Å². The molecule has 3 aliphatic rings. The van der Waals surface area contributed by atoms with Crippen LogP contribution in [0.2, 0.25) is 0 Å². The number of ether oxygens (including phenoxy) is 1. The lowest BCUT2D eigenvalue weighted by molar-refractivity contribution is -0.159. The Labute approximate surface area is 216 Å². The Bertz CT molecular complexity index is 1260. The van der Waals surface area contributed by atoms with Crippen molar-refractivity contribution in [3.8, 4) is 5.75 Å². The summed E-state index contributed by atoms with van der Waals surface area (Å²) in [6.45, 7) is 6.07. The minimum Gasteiger partial charge on any atom is -0.491 e. The highest BCUT2D eigenvalue weighted by Gasteiger charge is 2.56. The topological polar surface area (TPSA) is 92.2 Å². The van der Waals surface area contributed by atoms with Crippen molar-refractivity contribution in [2.24, 2.45) is 11.3 Å². The van der Waals surface area contributed by atoms with Gasteiger partial charge in [0.15, 0.2) is 0 Å². The Morgan fingerprint density at radius 3 is 2.24 bits per heavy atom. The van der Waals surface area contributed by atoms with Crippen molar-refractivity contribution in [2.75, 3.05) is 33.7 Å². The number of nitrogens with zero attached hydrogens (tertiary/aromatic N) is 4. The van der Waals surface area contributed by atoms with Crippen molar-refractivity contribution >= 4 is 17.8 Å². The quantitative estimate of drug-likeness (QED) is 0.559. The Morgan fingerprint density at radius 2 is 1.59 bits per heavy atom. The van der Waals surface area contributed by atoms with E-state index in [-0.39, 0.29) is 36.5 Å². The first-order chi connectivity index (χ1) is 17.6. The molecule has 2 aromatic rings. The number of benzene rings is 1. The van der Waals surface area contributed by atoms with E-state index in [1.165, 1.54) is 14.1 Å². The summed E-state index contributed by atoms with van der Waals surface area (Å²) in [5, 5.41) is 0. The Hall–Kier alpha value is -3.46. The first-order valence-electron chi connectivity index (χ1n) is 12.9. The van der Waals surface area contributed by atoms with Crippen LogP contribution in [0.15, 0.2) is 47.3 Å². The number of piperidine rings is 1. The van der Waals surface area contributed by atoms with Gasteiger partial charge in [-0.3, -0.25) is 24.2 Å². The zero-order valence-electron chi connectivity index (χ0n) is 21.8. The number of barbiturate groups is 1. The molecule has 2 saturated heterocycles. The highest BCUT2D eigenvalue weighted by molar-refractivity contribution is 6.19. The molecule has 196 valence electrons. The molecule has 0 aliphatic carbocycles. The maximum Gasteiger partial charge on any atom is 0.332 e. The number of rotatable bonds is 6. The normalized spacial score (nSPS) is 23.4. The second-order valence-corrected chi connectivity index (χ2v) is 11.0. The smallest absolute Gasteiger partial charge is 0.332 e. The highest BCUT2D eigenvalue weighted by Crippen LogP contribution is 2.39. The van der Waals surface area contributed by atoms with Gasteiger partial charge in [-0.2, -0.15) is 0 Å². The van der Waals surface area contributed by atoms with E-state index >= 15 is 0 Å². The van der Waals surface area contributed by atoms with Crippen LogP contribution >= 0.6 is 0 Å². The van der Waals surface area contributed by atoms with Gasteiger partial charge in [0.05, 0.1) is 6.10 Å². The minimum atomic E-state index is -1.43. The summed E-state index contributed by atoms with van der Waals surface area (Å²) in [4.78, 5) is 56.9. The van der Waals surface area contributed by atoms with E-state index in [4.69, 9.17) is 4.74 Å². The molecule has 9 nitrogen and oxygen atoms in total. The molecule has 2 fully saturated rings. The molecule has 1 aromatic heterocycles. The van der Waals surface area contributed by atoms with Gasteiger partial charge in [-0.05, 0) is 56.4 Å². The molecule has 1 aromatic carbocycles. The van der Waals surface area contributed by atoms with E-state index in [1.807, 2.05) is 48.7 Å². The molecule has 9 heteroatoms. The summed E-state index contributed by atoms with van der Waals surface area (Å²) >= 11 is 0. The maximum atomic E-state index is 13.8. The van der Waals surface area contributed by atoms with Gasteiger partial charge in [0.2, 0.25) is 11.8 Å². The van der Waals surface area contributed by atoms with E-state index in [2.05, 4.69) is 4.90 Å². The average molecular weight is 507 g/mol. The van der Waals surface area contributed by atoms with Gasteiger partial charge in [-0.1, -0.05) is 18.2 Å². The van der Waals surface area contributed by atoms with E-state index in [9.17, 15) is 19.2 Å². The van der Waals surface area contributed by atoms with Gasteiger partial charge in [-0.25, -0.2) is 4.79 Å². The summed E-state index contributed by atoms with van der Waals surface area (Å²) < 4.78 is 7.61. The first kappa shape index (κ1) is 25.2. The van der Waals surface area contributed by atoms with E-state index in [0.717, 1.165) is 33.2 Å². The van der Waals surface area contributed by atoms with Crippen LogP contribution in [0, 0.1) is 11.3 Å². The lowest BCUT2D eigenvalue weighted by Gasteiger charge is -2.48. The largest absolute Gasteiger partial charge is 0.491 e. The number of pyridine rings is 1. The third kappa shape index (κ3) is 4.45. The van der Waals surface area contributed by atoms with Crippen molar-refractivity contribution in [2.45, 2.75) is 45.3 Å². The van der Waals surface area contributed by atoms with Gasteiger partial charge in [0.1, 0.15) is 11.2 Å². The van der Waals surface area contributed by atoms with E-state index in [0.29, 0.717) is 19.6 Å². The highest BCUT2D eigenvalue weighted by atomic mass is 16.5. The zero-order chi connectivity index (χ0) is 26.5. The molecule has 3 aliphatic heterocycles. The first-order valence-corrected chi connectivity index (χ1v) is 12.9. The number of hydrogen-bond acceptors (Lipinski definition) is 6. The fourth-order valence-corrected chi connectivity index (χ4v) is 6.29. The number of aromatic nitrogens is 1. The SMILES string of the molecule is CC(C)Oc1ccc(CC2(CN3C[C@H]4C[C@@H](C3)c3cccc(=O)n3C4)C(=O)N(C)C(=O)N(C)C2=O)cc1. The number of likely N-dealkylation sites (tertiary alicyclic amines) is 1. The number of amides is 4. The van der Waals surface area contributed by atoms with Gasteiger partial charge in [-0.15, -0.1) is 0 Å². The Kier molecular flexibility index (Phi) is 6.43. The van der Waals surface area contributed by atoms with Gasteiger partial charge < -0.3 is 14.2 Å². The third-order valence-corrected chi connectivity index (χ3v) is 7.85. The van der Waals surface area contributed by atoms with Crippen LogP contribution in [0.3, 0.4) is 0 Å². The summed E-state index contributed by atoms with van der Waals surface area (Å²) in [6.07, 6.45) is 1.19. The Morgan fingerprint density at radius 1 is 0.919 bits per heavy atom. The molecular formula is C28H34N4O5. The summed E-state index contributed by atoms with van der Waals surface area (Å²) in [5.41, 5.74) is 0.415. The zero-order valence-corrected chi connectivity index (χ0v) is 21.8. The molecule has 37 heavy (non-hydrogen) atoms. The number of carbonyl (C=O) groups is 3. The molecule has 0 unspecified atom stereocenters. The standard InChI is InChI=1S/C28H34N4O5/c1-18(2)37-22-10-8-19(9-11-22)13-28(25(34)29(3)27(36)30(4)26(28)35)17-31-14-20-12-21(16-31)23-6-5-7-24(33)32(23)15-20/h5-11,18,20-21H,12-17H2,1-4H3/t20-,21+/m1/s1. The van der Waals surface area contributed by atoms with Crippen molar-refractivity contribution in [1.29, 1.82) is 0 Å². The number of carbonyl (C=O) groups excluding carboxylic acids is 3. The van der Waals surface area contributed by atoms with Crippen LogP contribution in [0.4, 0.5) is 4.79 Å². The van der Waals surface area contributed by atoms with Crippen molar-refractivity contribution in [1.82, 2.24) is 19.3 Å². The lowest BCUT2D eigenvalue weighted by atomic mass is 9.75. The second-order valence-electron chi connectivity index (χ2n) is 11.0. The molecule has 4 heterocycles. The molecule has 0 saturated carbocycles. The molecule has 4 amide bonds. The summed E-state index contributed by atoms with van der Waals surface area (Å²) in [5.74, 6) is 0.167. The van der Waals surface area contributed by atoms with Crippen LogP contribution in [-0.2, 0) is 22.6 Å². The maximum absolute atomic E-state index is 13.8. The Balaban J connectivity index is 1.47. The van der Waals surface area contributed by atoms with Crippen LogP contribution in [-0.4, -0.2) is 76.9 Å². The van der Waals surface area contributed by atoms with Crippen molar-refractivity contribution < 1.29 is 19.1 Å². The van der Waals surface area contributed by atoms with Crippen molar-refractivity contribution in [3.63, 3.8) is 0 Å². The molecule has 2 bridgehead atoms. The number of hydrogen-bond donors (Lipinski definition) is 0. The average Bonchev–Trinajstić information content (AvgIpc) is 2.87. The fraction of sp³-hybridized carbons (Fsp3) is 0.500. The molecule has 0 N–H and O–H groups in total. The molecular weight excluding hydrogens is 472 g/mol. The van der Waals surface area contributed by atoms with Crippen LogP contribution in [0.5, 0.6) is 5.75 Å². The van der Waals surface area contributed by atoms with Crippen LogP contribution in [0.25, 0.3) is 0 Å². The number of fused-ring (bicyclic) bond motifs is 4. The minimum absolute atomic E-state index is 0.0152. The van der Waals surface area contributed by atoms with Gasteiger partial charge in [0, 0.05) is 58.0 Å². The van der Waals surface area contributed by atoms with Crippen LogP contribution in [0.1, 0.15) is 37.4 Å². The summed E-state index contributed by atoms with van der Waals surface area (Å²) in [7, 11) is 2.88. The molecule has 5 rings (SSSR count). The predicted octanol–water partition coefficient (Wildman–Crippen LogP) is 2.33. The monoisotopic (exact) mass is 506 g/mol. The summed E-state index contributed by atoms with van der Waals surface area (Å²) in [6, 6.07) is 12.2. The second kappa shape index (κ2) is 9.45.